The molecule has 6 rings (SSSR count). The van der Waals surface area contributed by atoms with E-state index in [2.05, 4.69) is 15.1 Å². The quantitative estimate of drug-likeness (QED) is 0.315. The fraction of sp³-hybridized carbons (Fsp3) is 0.500. The Hall–Kier alpha value is -4.33. The van der Waals surface area contributed by atoms with Crippen LogP contribution in [0.4, 0.5) is 10.6 Å². The van der Waals surface area contributed by atoms with Gasteiger partial charge in [-0.3, -0.25) is 0 Å². The molecule has 5 heterocycles. The average Bonchev–Trinajstić information content (AvgIpc) is 3.56. The first-order chi connectivity index (χ1) is 20.0. The Labute approximate surface area is 253 Å². The first kappa shape index (κ1) is 30.1. The molecule has 228 valence electrons. The number of piperidine rings is 1. The molecule has 15 heteroatoms. The van der Waals surface area contributed by atoms with E-state index in [9.17, 15) is 9.59 Å². The van der Waals surface area contributed by atoms with Gasteiger partial charge in [-0.25, -0.2) is 34.2 Å². The number of carboxylic acid groups (broad SMARTS) is 1. The second-order valence-electron chi connectivity index (χ2n) is 11.9. The van der Waals surface area contributed by atoms with E-state index >= 15 is 0 Å². The van der Waals surface area contributed by atoms with Crippen molar-refractivity contribution in [3.05, 3.63) is 29.5 Å². The highest BCUT2D eigenvalue weighted by atomic mass is 35.5. The second-order valence-corrected chi connectivity index (χ2v) is 11.9. The predicted molar refractivity (Wildman–Crippen MR) is 158 cm³/mol. The van der Waals surface area contributed by atoms with Crippen molar-refractivity contribution >= 4 is 41.3 Å². The van der Waals surface area contributed by atoms with E-state index in [1.54, 1.807) is 0 Å². The zero-order valence-corrected chi connectivity index (χ0v) is 25.2. The number of likely N-dealkylation sites (tertiary alicyclic amines) is 1. The normalized spacial score (nSPS) is 15.9. The van der Waals surface area contributed by atoms with Crippen LogP contribution in [0.15, 0.2) is 17.0 Å². The van der Waals surface area contributed by atoms with Crippen molar-refractivity contribution in [1.82, 2.24) is 39.8 Å². The number of anilines is 1. The van der Waals surface area contributed by atoms with Crippen LogP contribution >= 0.6 is 12.4 Å². The van der Waals surface area contributed by atoms with E-state index in [-0.39, 0.29) is 29.8 Å². The fourth-order valence-corrected chi connectivity index (χ4v) is 5.50. The number of nitrogens with two attached hydrogens (primary N) is 1. The first-order valence-electron chi connectivity index (χ1n) is 14.0. The lowest BCUT2D eigenvalue weighted by Gasteiger charge is -2.31. The number of hydrogen-bond donors (Lipinski definition) is 2. The van der Waals surface area contributed by atoms with Crippen LogP contribution < -0.4 is 5.73 Å². The second kappa shape index (κ2) is 11.4. The van der Waals surface area contributed by atoms with Crippen molar-refractivity contribution in [2.45, 2.75) is 70.8 Å². The number of carbonyl (C=O) groups excluding carboxylic acids is 1. The number of halogens is 1. The van der Waals surface area contributed by atoms with Crippen molar-refractivity contribution in [3.8, 4) is 22.8 Å². The summed E-state index contributed by atoms with van der Waals surface area (Å²) in [5.41, 5.74) is 10.1. The van der Waals surface area contributed by atoms with Crippen LogP contribution in [0.1, 0.15) is 75.3 Å². The summed E-state index contributed by atoms with van der Waals surface area (Å²) in [6.07, 6.45) is 6.03. The third-order valence-corrected chi connectivity index (χ3v) is 7.77. The van der Waals surface area contributed by atoms with E-state index < -0.39 is 18.7 Å². The minimum absolute atomic E-state index is 0. The smallest absolute Gasteiger partial charge is 0.410 e. The van der Waals surface area contributed by atoms with E-state index in [1.807, 2.05) is 38.6 Å². The zero-order chi connectivity index (χ0) is 29.8. The van der Waals surface area contributed by atoms with Gasteiger partial charge in [0.1, 0.15) is 23.5 Å². The molecule has 0 radical (unpaired) electrons. The molecule has 1 aliphatic carbocycles. The fourth-order valence-electron chi connectivity index (χ4n) is 5.50. The maximum Gasteiger partial charge on any atom is 0.410 e. The molecule has 43 heavy (non-hydrogen) atoms. The Morgan fingerprint density at radius 1 is 1.09 bits per heavy atom. The SMILES string of the molecule is Cc1nc(-c2c(-c3nn(C(C)(C)C)c4ncnc(N)c34)noc2C2CC2)ncc1C1CCN(C(=O)OCC(=O)O)CC1.Cl. The van der Waals surface area contributed by atoms with Crippen molar-refractivity contribution in [1.29, 1.82) is 0 Å². The standard InChI is InChI=1S/C28H33N9O5.ClH/c1-14-17(15-7-9-36(10-8-15)27(40)41-12-18(38)39)11-30-25(33-14)19-22(35-42-23(19)16-5-6-16)21-20-24(29)31-13-32-26(20)37(34-21)28(2,3)4;/h11,13,15-16H,5-10,12H2,1-4H3,(H,38,39)(H2,29,31,32);1H. The Balaban J connectivity index is 0.00000368. The molecule has 3 N–H and O–H groups in total. The molecule has 1 aliphatic heterocycles. The van der Waals surface area contributed by atoms with Crippen LogP contribution in [0.2, 0.25) is 0 Å². The number of carboxylic acids is 1. The number of aryl methyl sites for hydroxylation is 1. The number of rotatable bonds is 6. The molecule has 1 saturated carbocycles. The highest BCUT2D eigenvalue weighted by molar-refractivity contribution is 6.00. The lowest BCUT2D eigenvalue weighted by atomic mass is 9.89. The average molecular weight is 612 g/mol. The van der Waals surface area contributed by atoms with Crippen molar-refractivity contribution in [2.24, 2.45) is 0 Å². The maximum atomic E-state index is 12.2. The Morgan fingerprint density at radius 3 is 2.44 bits per heavy atom. The zero-order valence-electron chi connectivity index (χ0n) is 24.4. The lowest BCUT2D eigenvalue weighted by molar-refractivity contribution is -0.140. The molecule has 0 aromatic carbocycles. The number of nitrogen functional groups attached to an aromatic ring is 1. The Morgan fingerprint density at radius 2 is 1.81 bits per heavy atom. The number of amides is 1. The molecule has 4 aromatic rings. The molecular formula is C28H34ClN9O5. The molecule has 2 fully saturated rings. The first-order valence-corrected chi connectivity index (χ1v) is 14.0. The molecule has 0 bridgehead atoms. The van der Waals surface area contributed by atoms with Crippen molar-refractivity contribution in [3.63, 3.8) is 0 Å². The molecule has 0 unspecified atom stereocenters. The summed E-state index contributed by atoms with van der Waals surface area (Å²) in [6, 6.07) is 0. The molecule has 0 spiro atoms. The van der Waals surface area contributed by atoms with Gasteiger partial charge in [0.05, 0.1) is 16.5 Å². The molecule has 1 amide bonds. The van der Waals surface area contributed by atoms with E-state index in [4.69, 9.17) is 35.2 Å². The number of fused-ring (bicyclic) bond motifs is 1. The molecule has 14 nitrogen and oxygen atoms in total. The van der Waals surface area contributed by atoms with Crippen molar-refractivity contribution in [2.75, 3.05) is 25.4 Å². The molecule has 2 aliphatic rings. The minimum Gasteiger partial charge on any atom is -0.479 e. The molecule has 4 aromatic heterocycles. The summed E-state index contributed by atoms with van der Waals surface area (Å²) in [7, 11) is 0. The van der Waals surface area contributed by atoms with Gasteiger partial charge in [-0.1, -0.05) is 5.16 Å². The van der Waals surface area contributed by atoms with Gasteiger partial charge in [0, 0.05) is 30.9 Å². The Bertz CT molecular complexity index is 1680. The van der Waals surface area contributed by atoms with E-state index in [0.717, 1.165) is 29.9 Å². The van der Waals surface area contributed by atoms with Crippen LogP contribution in [0.25, 0.3) is 33.8 Å². The summed E-state index contributed by atoms with van der Waals surface area (Å²) < 4.78 is 12.6. The van der Waals surface area contributed by atoms with E-state index in [1.165, 1.54) is 11.2 Å². The summed E-state index contributed by atoms with van der Waals surface area (Å²) in [5, 5.41) is 18.8. The number of carbonyl (C=O) groups is 2. The molecular weight excluding hydrogens is 578 g/mol. The Kier molecular flexibility index (Phi) is 7.99. The van der Waals surface area contributed by atoms with Gasteiger partial charge in [-0.15, -0.1) is 12.4 Å². The van der Waals surface area contributed by atoms with Crippen molar-refractivity contribution < 1.29 is 24.0 Å². The van der Waals surface area contributed by atoms with Crippen LogP contribution in [0.5, 0.6) is 0 Å². The number of nitrogens with zero attached hydrogens (tertiary/aromatic N) is 8. The van der Waals surface area contributed by atoms with E-state index in [0.29, 0.717) is 65.6 Å². The van der Waals surface area contributed by atoms with Gasteiger partial charge in [0.2, 0.25) is 0 Å². The number of hydrogen-bond acceptors (Lipinski definition) is 11. The highest BCUT2D eigenvalue weighted by Crippen LogP contribution is 2.48. The van der Waals surface area contributed by atoms with Gasteiger partial charge in [-0.2, -0.15) is 5.10 Å². The summed E-state index contributed by atoms with van der Waals surface area (Å²) in [5.74, 6) is 0.741. The van der Waals surface area contributed by atoms with Gasteiger partial charge < -0.3 is 25.0 Å². The van der Waals surface area contributed by atoms with Gasteiger partial charge in [0.15, 0.2) is 23.8 Å². The third-order valence-electron chi connectivity index (χ3n) is 7.77. The van der Waals surface area contributed by atoms with Crippen LogP contribution in [0.3, 0.4) is 0 Å². The van der Waals surface area contributed by atoms with Crippen LogP contribution in [-0.2, 0) is 15.1 Å². The predicted octanol–water partition coefficient (Wildman–Crippen LogP) is 4.28. The van der Waals surface area contributed by atoms with Gasteiger partial charge in [-0.05, 0) is 64.9 Å². The maximum absolute atomic E-state index is 12.2. The number of ether oxygens (including phenoxy) is 1. The number of aliphatic carboxylic acids is 1. The third kappa shape index (κ3) is 5.70. The van der Waals surface area contributed by atoms with Crippen LogP contribution in [-0.4, -0.2) is 76.6 Å². The largest absolute Gasteiger partial charge is 0.479 e. The summed E-state index contributed by atoms with van der Waals surface area (Å²) >= 11 is 0. The topological polar surface area (TPSA) is 188 Å². The number of aromatic nitrogens is 7. The molecule has 1 saturated heterocycles. The lowest BCUT2D eigenvalue weighted by Crippen LogP contribution is -2.39. The highest BCUT2D eigenvalue weighted by Gasteiger charge is 2.37. The van der Waals surface area contributed by atoms with Gasteiger partial charge in [0.25, 0.3) is 0 Å². The summed E-state index contributed by atoms with van der Waals surface area (Å²) in [6.45, 7) is 8.33. The monoisotopic (exact) mass is 611 g/mol. The van der Waals surface area contributed by atoms with Crippen LogP contribution in [0, 0.1) is 6.92 Å². The summed E-state index contributed by atoms with van der Waals surface area (Å²) in [4.78, 5) is 42.8. The molecule has 0 atom stereocenters. The van der Waals surface area contributed by atoms with Gasteiger partial charge >= 0.3 is 12.1 Å². The minimum atomic E-state index is -1.18.